The summed E-state index contributed by atoms with van der Waals surface area (Å²) in [4.78, 5) is 6.99. The Morgan fingerprint density at radius 1 is 1.39 bits per heavy atom. The number of likely N-dealkylation sites (tertiary alicyclic amines) is 1. The minimum absolute atomic E-state index is 0. The first-order valence-corrected chi connectivity index (χ1v) is 10.7. The van der Waals surface area contributed by atoms with Crippen molar-refractivity contribution in [3.8, 4) is 0 Å². The second kappa shape index (κ2) is 12.6. The highest BCUT2D eigenvalue weighted by Crippen LogP contribution is 2.17. The minimum atomic E-state index is -3.71. The number of nitrogens with two attached hydrogens (primary N) is 1. The van der Waals surface area contributed by atoms with Crippen LogP contribution in [0.4, 0.5) is 0 Å². The summed E-state index contributed by atoms with van der Waals surface area (Å²) in [5, 5.41) is 8.51. The van der Waals surface area contributed by atoms with E-state index in [0.717, 1.165) is 44.2 Å². The molecule has 10 heteroatoms. The van der Waals surface area contributed by atoms with E-state index in [1.165, 1.54) is 6.07 Å². The summed E-state index contributed by atoms with van der Waals surface area (Å²) >= 11 is 0. The van der Waals surface area contributed by atoms with Crippen LogP contribution in [0.5, 0.6) is 0 Å². The first-order chi connectivity index (χ1) is 12.9. The number of sulfonamides is 1. The van der Waals surface area contributed by atoms with Crippen molar-refractivity contribution in [2.24, 2.45) is 16.0 Å². The summed E-state index contributed by atoms with van der Waals surface area (Å²) in [5.41, 5.74) is 0.801. The number of halogens is 1. The maximum atomic E-state index is 11.5. The maximum Gasteiger partial charge on any atom is 0.238 e. The van der Waals surface area contributed by atoms with Gasteiger partial charge in [-0.05, 0) is 31.0 Å². The van der Waals surface area contributed by atoms with Crippen molar-refractivity contribution in [2.75, 3.05) is 46.6 Å². The van der Waals surface area contributed by atoms with E-state index >= 15 is 0 Å². The molecule has 1 atom stereocenters. The largest absolute Gasteiger partial charge is 0.382 e. The van der Waals surface area contributed by atoms with E-state index in [9.17, 15) is 8.42 Å². The average molecular weight is 526 g/mol. The van der Waals surface area contributed by atoms with E-state index in [2.05, 4.69) is 15.2 Å². The molecule has 0 amide bonds. The highest BCUT2D eigenvalue weighted by molar-refractivity contribution is 14.0. The highest BCUT2D eigenvalue weighted by Gasteiger charge is 2.25. The van der Waals surface area contributed by atoms with Gasteiger partial charge in [-0.1, -0.05) is 12.1 Å². The molecular weight excluding hydrogens is 495 g/mol. The van der Waals surface area contributed by atoms with E-state index in [1.54, 1.807) is 19.2 Å². The van der Waals surface area contributed by atoms with Crippen LogP contribution in [-0.4, -0.2) is 65.8 Å². The average Bonchev–Trinajstić information content (AvgIpc) is 3.10. The molecule has 2 rings (SSSR count). The number of ether oxygens (including phenoxy) is 2. The van der Waals surface area contributed by atoms with Gasteiger partial charge in [0.25, 0.3) is 0 Å². The summed E-state index contributed by atoms with van der Waals surface area (Å²) in [6.45, 7) is 6.92. The first-order valence-electron chi connectivity index (χ1n) is 9.15. The second-order valence-corrected chi connectivity index (χ2v) is 8.09. The molecule has 0 aliphatic carbocycles. The van der Waals surface area contributed by atoms with Crippen molar-refractivity contribution in [3.05, 3.63) is 29.8 Å². The van der Waals surface area contributed by atoms with Crippen molar-refractivity contribution in [1.82, 2.24) is 10.2 Å². The van der Waals surface area contributed by atoms with Crippen LogP contribution in [0.15, 0.2) is 34.2 Å². The van der Waals surface area contributed by atoms with Gasteiger partial charge < -0.3 is 19.7 Å². The van der Waals surface area contributed by atoms with Gasteiger partial charge in [0.15, 0.2) is 5.96 Å². The zero-order chi connectivity index (χ0) is 19.7. The molecule has 1 unspecified atom stereocenters. The van der Waals surface area contributed by atoms with Crippen LogP contribution in [0.25, 0.3) is 0 Å². The number of guanidine groups is 1. The molecule has 8 nitrogen and oxygen atoms in total. The minimum Gasteiger partial charge on any atom is -0.382 e. The van der Waals surface area contributed by atoms with Gasteiger partial charge in [0, 0.05) is 32.7 Å². The second-order valence-electron chi connectivity index (χ2n) is 6.53. The molecule has 0 saturated carbocycles. The third kappa shape index (κ3) is 8.19. The van der Waals surface area contributed by atoms with Gasteiger partial charge in [-0.25, -0.2) is 18.5 Å². The van der Waals surface area contributed by atoms with Crippen molar-refractivity contribution >= 4 is 40.0 Å². The standard InChI is InChI=1S/C18H30N4O4S.HI/c1-3-20-18(22-8-7-16(13-22)14-26-10-9-25-2)21-12-15-5-4-6-17(11-15)27(19,23)24;/h4-6,11,16H,3,7-10,12-14H2,1-2H3,(H,20,21)(H2,19,23,24);1H. The number of hydrogen-bond donors (Lipinski definition) is 2. The number of hydrogen-bond acceptors (Lipinski definition) is 5. The van der Waals surface area contributed by atoms with Crippen LogP contribution >= 0.6 is 24.0 Å². The fourth-order valence-corrected chi connectivity index (χ4v) is 3.55. The SMILES string of the molecule is CCNC(=NCc1cccc(S(N)(=O)=O)c1)N1CCC(COCCOC)C1.I. The van der Waals surface area contributed by atoms with Gasteiger partial charge in [-0.3, -0.25) is 0 Å². The molecule has 160 valence electrons. The fraction of sp³-hybridized carbons (Fsp3) is 0.611. The van der Waals surface area contributed by atoms with Crippen molar-refractivity contribution < 1.29 is 17.9 Å². The van der Waals surface area contributed by atoms with Gasteiger partial charge in [-0.2, -0.15) is 0 Å². The topological polar surface area (TPSA) is 106 Å². The number of benzene rings is 1. The molecule has 0 spiro atoms. The molecule has 1 aromatic rings. The van der Waals surface area contributed by atoms with Crippen molar-refractivity contribution in [3.63, 3.8) is 0 Å². The van der Waals surface area contributed by atoms with E-state index < -0.39 is 10.0 Å². The molecule has 1 aromatic carbocycles. The van der Waals surface area contributed by atoms with Crippen LogP contribution in [0.3, 0.4) is 0 Å². The molecule has 1 aliphatic rings. The number of primary sulfonamides is 1. The lowest BCUT2D eigenvalue weighted by Crippen LogP contribution is -2.40. The number of methoxy groups -OCH3 is 1. The van der Waals surface area contributed by atoms with E-state index in [1.807, 2.05) is 13.0 Å². The Kier molecular flexibility index (Phi) is 11.3. The number of nitrogens with zero attached hydrogens (tertiary/aromatic N) is 2. The lowest BCUT2D eigenvalue weighted by molar-refractivity contribution is 0.0536. The van der Waals surface area contributed by atoms with Crippen LogP contribution < -0.4 is 10.5 Å². The van der Waals surface area contributed by atoms with Crippen LogP contribution in [0.1, 0.15) is 18.9 Å². The Morgan fingerprint density at radius 2 is 2.18 bits per heavy atom. The molecule has 0 aromatic heterocycles. The number of aliphatic imine (C=N–C) groups is 1. The number of rotatable bonds is 9. The Hall–Kier alpha value is -0.950. The van der Waals surface area contributed by atoms with Crippen molar-refractivity contribution in [2.45, 2.75) is 24.8 Å². The lowest BCUT2D eigenvalue weighted by atomic mass is 10.1. The zero-order valence-electron chi connectivity index (χ0n) is 16.5. The molecule has 28 heavy (non-hydrogen) atoms. The summed E-state index contributed by atoms with van der Waals surface area (Å²) in [6, 6.07) is 6.58. The third-order valence-corrected chi connectivity index (χ3v) is 5.26. The van der Waals surface area contributed by atoms with Crippen LogP contribution in [-0.2, 0) is 26.0 Å². The Balaban J connectivity index is 0.00000392. The summed E-state index contributed by atoms with van der Waals surface area (Å²) < 4.78 is 33.6. The third-order valence-electron chi connectivity index (χ3n) is 4.34. The van der Waals surface area contributed by atoms with E-state index in [0.29, 0.717) is 25.7 Å². The van der Waals surface area contributed by atoms with Gasteiger partial charge in [0.1, 0.15) is 0 Å². The molecule has 1 aliphatic heterocycles. The van der Waals surface area contributed by atoms with Gasteiger partial charge in [0.2, 0.25) is 10.0 Å². The quantitative estimate of drug-likeness (QED) is 0.218. The monoisotopic (exact) mass is 526 g/mol. The summed E-state index contributed by atoms with van der Waals surface area (Å²) in [5.74, 6) is 1.30. The van der Waals surface area contributed by atoms with Gasteiger partial charge >= 0.3 is 0 Å². The van der Waals surface area contributed by atoms with E-state index in [-0.39, 0.29) is 28.9 Å². The van der Waals surface area contributed by atoms with Gasteiger partial charge in [0.05, 0.1) is 31.3 Å². The Labute approximate surface area is 184 Å². The predicted molar refractivity (Wildman–Crippen MR) is 120 cm³/mol. The molecule has 0 radical (unpaired) electrons. The van der Waals surface area contributed by atoms with Crippen LogP contribution in [0.2, 0.25) is 0 Å². The first kappa shape index (κ1) is 25.1. The van der Waals surface area contributed by atoms with Crippen molar-refractivity contribution in [1.29, 1.82) is 0 Å². The maximum absolute atomic E-state index is 11.5. The van der Waals surface area contributed by atoms with Gasteiger partial charge in [-0.15, -0.1) is 24.0 Å². The zero-order valence-corrected chi connectivity index (χ0v) is 19.6. The van der Waals surface area contributed by atoms with E-state index in [4.69, 9.17) is 14.6 Å². The normalized spacial score (nSPS) is 17.5. The molecule has 1 heterocycles. The Bertz CT molecular complexity index is 730. The lowest BCUT2D eigenvalue weighted by Gasteiger charge is -2.21. The molecule has 1 fully saturated rings. The highest BCUT2D eigenvalue weighted by atomic mass is 127. The van der Waals surface area contributed by atoms with Crippen LogP contribution in [0, 0.1) is 5.92 Å². The predicted octanol–water partition coefficient (Wildman–Crippen LogP) is 1.40. The summed E-state index contributed by atoms with van der Waals surface area (Å²) in [6.07, 6.45) is 1.05. The fourth-order valence-electron chi connectivity index (χ4n) is 2.97. The number of nitrogens with one attached hydrogen (secondary N) is 1. The molecular formula is C18H31IN4O4S. The summed E-state index contributed by atoms with van der Waals surface area (Å²) in [7, 11) is -2.04. The molecule has 1 saturated heterocycles. The smallest absolute Gasteiger partial charge is 0.238 e. The Morgan fingerprint density at radius 3 is 2.86 bits per heavy atom. The molecule has 0 bridgehead atoms. The molecule has 3 N–H and O–H groups in total.